The van der Waals surface area contributed by atoms with E-state index >= 15 is 0 Å². The summed E-state index contributed by atoms with van der Waals surface area (Å²) in [5.74, 6) is -0.783. The van der Waals surface area contributed by atoms with Gasteiger partial charge in [-0.2, -0.15) is 10.2 Å². The molecule has 0 unspecified atom stereocenters. The predicted octanol–water partition coefficient (Wildman–Crippen LogP) is 4.07. The molecule has 0 spiro atoms. The van der Waals surface area contributed by atoms with Crippen molar-refractivity contribution in [3.63, 3.8) is 0 Å². The van der Waals surface area contributed by atoms with Gasteiger partial charge in [0.2, 0.25) is 11.8 Å². The summed E-state index contributed by atoms with van der Waals surface area (Å²) in [6.07, 6.45) is 1.60. The highest BCUT2D eigenvalue weighted by molar-refractivity contribution is 6.16. The second-order valence-corrected chi connectivity index (χ2v) is 5.53. The highest BCUT2D eigenvalue weighted by Gasteiger charge is 2.36. The molecule has 0 bridgehead atoms. The first-order valence-corrected chi connectivity index (χ1v) is 8.02. The monoisotopic (exact) mass is 322 g/mol. The molecular formula is C19H18N2O3. The van der Waals surface area contributed by atoms with Crippen molar-refractivity contribution in [2.75, 3.05) is 0 Å². The zero-order valence-corrected chi connectivity index (χ0v) is 13.7. The fraction of sp³-hybridized carbons (Fsp3) is 0.263. The van der Waals surface area contributed by atoms with Gasteiger partial charge in [0.15, 0.2) is 0 Å². The molecule has 0 N–H and O–H groups in total. The molecule has 24 heavy (non-hydrogen) atoms. The Kier molecular flexibility index (Phi) is 4.51. The van der Waals surface area contributed by atoms with Gasteiger partial charge in [-0.25, -0.2) is 4.79 Å². The number of ether oxygens (including phenoxy) is 1. The molecule has 1 aliphatic heterocycles. The van der Waals surface area contributed by atoms with Crippen molar-refractivity contribution in [2.45, 2.75) is 32.7 Å². The average molecular weight is 322 g/mol. The number of carbonyl (C=O) groups is 2. The van der Waals surface area contributed by atoms with E-state index in [0.29, 0.717) is 5.56 Å². The van der Waals surface area contributed by atoms with E-state index in [2.05, 4.69) is 10.2 Å². The number of hydrogen-bond acceptors (Lipinski definition) is 5. The number of nitrogens with zero attached hydrogens (tertiary/aromatic N) is 2. The number of para-hydroxylation sites is 1. The van der Waals surface area contributed by atoms with Crippen LogP contribution in [0.1, 0.15) is 35.3 Å². The van der Waals surface area contributed by atoms with Crippen molar-refractivity contribution in [3.05, 3.63) is 59.2 Å². The second-order valence-electron chi connectivity index (χ2n) is 5.53. The highest BCUT2D eigenvalue weighted by atomic mass is 16.5. The molecule has 2 aromatic rings. The van der Waals surface area contributed by atoms with E-state index in [0.717, 1.165) is 29.7 Å². The Labute approximate surface area is 140 Å². The van der Waals surface area contributed by atoms with E-state index in [4.69, 9.17) is 4.74 Å². The van der Waals surface area contributed by atoms with Crippen LogP contribution >= 0.6 is 0 Å². The molecule has 0 radical (unpaired) electrons. The maximum absolute atomic E-state index is 12.5. The van der Waals surface area contributed by atoms with E-state index in [1.54, 1.807) is 24.3 Å². The van der Waals surface area contributed by atoms with Gasteiger partial charge in [0.05, 0.1) is 11.3 Å². The lowest BCUT2D eigenvalue weighted by atomic mass is 10.0. The Morgan fingerprint density at radius 1 is 0.958 bits per heavy atom. The van der Waals surface area contributed by atoms with E-state index in [-0.39, 0.29) is 11.5 Å². The smallest absolute Gasteiger partial charge is 0.346 e. The van der Waals surface area contributed by atoms with E-state index in [1.807, 2.05) is 32.0 Å². The van der Waals surface area contributed by atoms with Crippen molar-refractivity contribution >= 4 is 17.4 Å². The van der Waals surface area contributed by atoms with Crippen molar-refractivity contribution < 1.29 is 14.3 Å². The summed E-state index contributed by atoms with van der Waals surface area (Å²) in [5, 5.41) is 8.28. The van der Waals surface area contributed by atoms with Gasteiger partial charge in [0.1, 0.15) is 5.75 Å². The van der Waals surface area contributed by atoms with Crippen LogP contribution < -0.4 is 4.74 Å². The van der Waals surface area contributed by atoms with Crippen LogP contribution in [0, 0.1) is 0 Å². The third-order valence-electron chi connectivity index (χ3n) is 4.07. The first-order chi connectivity index (χ1) is 11.7. The van der Waals surface area contributed by atoms with E-state index in [1.165, 1.54) is 0 Å². The average Bonchev–Trinajstić information content (AvgIpc) is 2.61. The summed E-state index contributed by atoms with van der Waals surface area (Å²) in [4.78, 5) is 24.6. The van der Waals surface area contributed by atoms with Crippen LogP contribution in [-0.2, 0) is 17.6 Å². The van der Waals surface area contributed by atoms with Crippen LogP contribution in [0.4, 0.5) is 5.69 Å². The Morgan fingerprint density at radius 3 is 2.29 bits per heavy atom. The van der Waals surface area contributed by atoms with Crippen LogP contribution in [0.3, 0.4) is 0 Å². The quantitative estimate of drug-likeness (QED) is 0.369. The number of ketones is 1. The normalized spacial score (nSPS) is 17.0. The van der Waals surface area contributed by atoms with Crippen LogP contribution in [0.25, 0.3) is 0 Å². The van der Waals surface area contributed by atoms with Gasteiger partial charge in [0, 0.05) is 0 Å². The van der Waals surface area contributed by atoms with Crippen molar-refractivity contribution in [1.29, 1.82) is 0 Å². The van der Waals surface area contributed by atoms with Crippen LogP contribution in [-0.4, -0.2) is 17.8 Å². The van der Waals surface area contributed by atoms with Crippen LogP contribution in [0.5, 0.6) is 5.75 Å². The number of azo groups is 1. The van der Waals surface area contributed by atoms with Gasteiger partial charge < -0.3 is 4.74 Å². The molecule has 2 aromatic carbocycles. The Balaban J connectivity index is 1.96. The molecule has 0 saturated carbocycles. The SMILES string of the molecule is CCc1cccc(CC)c1N=N[C@@H]1C(=O)Oc2ccccc2C1=O. The number of carbonyl (C=O) groups excluding carboxylic acids is 2. The molecule has 0 fully saturated rings. The predicted molar refractivity (Wildman–Crippen MR) is 89.9 cm³/mol. The molecule has 1 atom stereocenters. The molecule has 1 heterocycles. The maximum atomic E-state index is 12.5. The zero-order valence-electron chi connectivity index (χ0n) is 13.7. The van der Waals surface area contributed by atoms with Gasteiger partial charge in [-0.05, 0) is 36.1 Å². The van der Waals surface area contributed by atoms with Crippen molar-refractivity contribution in [3.8, 4) is 5.75 Å². The lowest BCUT2D eigenvalue weighted by molar-refractivity contribution is -0.135. The fourth-order valence-electron chi connectivity index (χ4n) is 2.74. The standard InChI is InChI=1S/C19H18N2O3/c1-3-12-8-7-9-13(4-2)16(12)20-21-17-18(22)14-10-5-6-11-15(14)24-19(17)23/h5-11,17H,3-4H2,1-2H3/t17-/m0/s1. The first-order valence-electron chi connectivity index (χ1n) is 8.02. The van der Waals surface area contributed by atoms with E-state index in [9.17, 15) is 9.59 Å². The molecular weight excluding hydrogens is 304 g/mol. The number of rotatable bonds is 4. The number of hydrogen-bond donors (Lipinski definition) is 0. The summed E-state index contributed by atoms with van der Waals surface area (Å²) < 4.78 is 5.20. The minimum absolute atomic E-state index is 0.280. The minimum atomic E-state index is -1.24. The van der Waals surface area contributed by atoms with Gasteiger partial charge in [-0.3, -0.25) is 4.79 Å². The topological polar surface area (TPSA) is 68.1 Å². The molecule has 0 amide bonds. The number of Topliss-reactive ketones (excluding diaryl/α,β-unsaturated/α-hetero) is 1. The summed E-state index contributed by atoms with van der Waals surface area (Å²) >= 11 is 0. The largest absolute Gasteiger partial charge is 0.424 e. The maximum Gasteiger partial charge on any atom is 0.346 e. The van der Waals surface area contributed by atoms with Crippen molar-refractivity contribution in [1.82, 2.24) is 0 Å². The molecule has 5 nitrogen and oxygen atoms in total. The summed E-state index contributed by atoms with van der Waals surface area (Å²) in [7, 11) is 0. The second kappa shape index (κ2) is 6.74. The minimum Gasteiger partial charge on any atom is -0.424 e. The number of benzene rings is 2. The third kappa shape index (κ3) is 2.85. The van der Waals surface area contributed by atoms with Gasteiger partial charge in [-0.15, -0.1) is 0 Å². The lowest BCUT2D eigenvalue weighted by Gasteiger charge is -2.18. The summed E-state index contributed by atoms with van der Waals surface area (Å²) in [6.45, 7) is 4.06. The molecule has 1 aliphatic rings. The summed E-state index contributed by atoms with van der Waals surface area (Å²) in [5.41, 5.74) is 3.17. The van der Waals surface area contributed by atoms with Crippen LogP contribution in [0.15, 0.2) is 52.7 Å². The number of fused-ring (bicyclic) bond motifs is 1. The highest BCUT2D eigenvalue weighted by Crippen LogP contribution is 2.29. The Bertz CT molecular complexity index is 805. The number of esters is 1. The molecule has 0 aliphatic carbocycles. The molecule has 0 aromatic heterocycles. The Hall–Kier alpha value is -2.82. The van der Waals surface area contributed by atoms with Gasteiger partial charge in [-0.1, -0.05) is 44.2 Å². The fourth-order valence-corrected chi connectivity index (χ4v) is 2.74. The van der Waals surface area contributed by atoms with Crippen LogP contribution in [0.2, 0.25) is 0 Å². The van der Waals surface area contributed by atoms with Gasteiger partial charge in [0.25, 0.3) is 0 Å². The van der Waals surface area contributed by atoms with Crippen molar-refractivity contribution in [2.24, 2.45) is 10.2 Å². The third-order valence-corrected chi connectivity index (χ3v) is 4.07. The zero-order chi connectivity index (χ0) is 17.1. The molecule has 5 heteroatoms. The summed E-state index contributed by atoms with van der Waals surface area (Å²) in [6, 6.07) is 11.4. The Morgan fingerprint density at radius 2 is 1.62 bits per heavy atom. The molecule has 122 valence electrons. The van der Waals surface area contributed by atoms with Gasteiger partial charge >= 0.3 is 5.97 Å². The lowest BCUT2D eigenvalue weighted by Crippen LogP contribution is -2.36. The first kappa shape index (κ1) is 16.1. The van der Waals surface area contributed by atoms with E-state index < -0.39 is 12.0 Å². The number of aryl methyl sites for hydroxylation is 2. The molecule has 3 rings (SSSR count). The molecule has 0 saturated heterocycles.